The van der Waals surface area contributed by atoms with E-state index in [1.165, 1.54) is 0 Å². The summed E-state index contributed by atoms with van der Waals surface area (Å²) in [5, 5.41) is 9.64. The van der Waals surface area contributed by atoms with E-state index >= 15 is 0 Å². The number of Topliss-reactive ketones (excluding diaryl/α,β-unsaturated/α-hetero) is 1. The smallest absolute Gasteiger partial charge is 0.216 e. The van der Waals surface area contributed by atoms with Crippen molar-refractivity contribution in [2.24, 2.45) is 0 Å². The SMILES string of the molecule is Cc1cc(C)c(C(=O)C[C@H](O)C(Cl)(Cl)Cl)c(C)c1. The lowest BCUT2D eigenvalue weighted by Crippen LogP contribution is -2.28. The molecule has 1 atom stereocenters. The van der Waals surface area contributed by atoms with Gasteiger partial charge in [-0.3, -0.25) is 4.79 Å². The predicted molar refractivity (Wildman–Crippen MR) is 75.9 cm³/mol. The van der Waals surface area contributed by atoms with Crippen LogP contribution in [0.2, 0.25) is 0 Å². The Balaban J connectivity index is 2.99. The van der Waals surface area contributed by atoms with Crippen LogP contribution in [0.3, 0.4) is 0 Å². The summed E-state index contributed by atoms with van der Waals surface area (Å²) in [6, 6.07) is 3.84. The molecule has 1 aromatic carbocycles. The van der Waals surface area contributed by atoms with Gasteiger partial charge >= 0.3 is 0 Å². The summed E-state index contributed by atoms with van der Waals surface area (Å²) in [4.78, 5) is 12.1. The average Bonchev–Trinajstić information content (AvgIpc) is 2.13. The molecular formula is C13H15Cl3O2. The van der Waals surface area contributed by atoms with Crippen LogP contribution in [-0.4, -0.2) is 20.8 Å². The van der Waals surface area contributed by atoms with E-state index in [1.54, 1.807) is 0 Å². The fourth-order valence-corrected chi connectivity index (χ4v) is 2.24. The van der Waals surface area contributed by atoms with Crippen LogP contribution in [0.15, 0.2) is 12.1 Å². The van der Waals surface area contributed by atoms with Gasteiger partial charge in [0.15, 0.2) is 5.78 Å². The normalized spacial score (nSPS) is 13.5. The Bertz CT molecular complexity index is 441. The number of aryl methyl sites for hydroxylation is 3. The molecule has 0 amide bonds. The third kappa shape index (κ3) is 3.86. The Morgan fingerprint density at radius 3 is 2.06 bits per heavy atom. The van der Waals surface area contributed by atoms with E-state index < -0.39 is 9.90 Å². The molecule has 1 N–H and O–H groups in total. The first kappa shape index (κ1) is 15.8. The average molecular weight is 310 g/mol. The van der Waals surface area contributed by atoms with E-state index in [9.17, 15) is 9.90 Å². The highest BCUT2D eigenvalue weighted by Crippen LogP contribution is 2.33. The lowest BCUT2D eigenvalue weighted by molar-refractivity contribution is 0.0883. The Labute approximate surface area is 122 Å². The van der Waals surface area contributed by atoms with Crippen molar-refractivity contribution >= 4 is 40.6 Å². The fraction of sp³-hybridized carbons (Fsp3) is 0.462. The van der Waals surface area contributed by atoms with E-state index in [1.807, 2.05) is 32.9 Å². The predicted octanol–water partition coefficient (Wildman–Crippen LogP) is 3.92. The summed E-state index contributed by atoms with van der Waals surface area (Å²) in [7, 11) is 0. The van der Waals surface area contributed by atoms with Crippen molar-refractivity contribution in [3.63, 3.8) is 0 Å². The second-order valence-electron chi connectivity index (χ2n) is 4.46. The standard InChI is InChI=1S/C13H15Cl3O2/c1-7-4-8(2)12(9(3)5-7)10(17)6-11(18)13(14,15)16/h4-5,11,18H,6H2,1-3H3/t11-/m0/s1. The maximum Gasteiger partial charge on any atom is 0.216 e. The molecule has 0 fully saturated rings. The molecular weight excluding hydrogens is 295 g/mol. The van der Waals surface area contributed by atoms with Crippen molar-refractivity contribution in [3.8, 4) is 0 Å². The van der Waals surface area contributed by atoms with Gasteiger partial charge in [-0.05, 0) is 31.9 Å². The van der Waals surface area contributed by atoms with Gasteiger partial charge in [0, 0.05) is 12.0 Å². The number of carbonyl (C=O) groups is 1. The first-order valence-corrected chi connectivity index (χ1v) is 6.62. The van der Waals surface area contributed by atoms with Crippen molar-refractivity contribution in [1.29, 1.82) is 0 Å². The molecule has 0 unspecified atom stereocenters. The molecule has 2 nitrogen and oxygen atoms in total. The molecule has 5 heteroatoms. The van der Waals surface area contributed by atoms with Gasteiger partial charge in [-0.2, -0.15) is 0 Å². The van der Waals surface area contributed by atoms with Gasteiger partial charge in [0.1, 0.15) is 6.10 Å². The number of alkyl halides is 3. The second-order valence-corrected chi connectivity index (χ2v) is 6.83. The summed E-state index contributed by atoms with van der Waals surface area (Å²) in [5.74, 6) is -0.219. The molecule has 0 saturated carbocycles. The van der Waals surface area contributed by atoms with Crippen molar-refractivity contribution in [2.75, 3.05) is 0 Å². The van der Waals surface area contributed by atoms with Crippen molar-refractivity contribution < 1.29 is 9.90 Å². The highest BCUT2D eigenvalue weighted by atomic mass is 35.6. The van der Waals surface area contributed by atoms with Crippen LogP contribution >= 0.6 is 34.8 Å². The minimum atomic E-state index is -1.85. The highest BCUT2D eigenvalue weighted by Gasteiger charge is 2.33. The fourth-order valence-electron chi connectivity index (χ4n) is 2.01. The molecule has 1 aromatic rings. The molecule has 1 rings (SSSR count). The maximum atomic E-state index is 12.1. The van der Waals surface area contributed by atoms with Crippen molar-refractivity contribution in [2.45, 2.75) is 37.1 Å². The number of carbonyl (C=O) groups excluding carboxylic acids is 1. The molecule has 0 bridgehead atoms. The minimum absolute atomic E-state index is 0.207. The number of hydrogen-bond acceptors (Lipinski definition) is 2. The summed E-state index contributed by atoms with van der Waals surface area (Å²) in [6.07, 6.45) is -1.52. The number of ketones is 1. The number of halogens is 3. The Morgan fingerprint density at radius 2 is 1.67 bits per heavy atom. The van der Waals surface area contributed by atoms with Crippen LogP contribution in [0.25, 0.3) is 0 Å². The van der Waals surface area contributed by atoms with Crippen LogP contribution in [0.1, 0.15) is 33.5 Å². The first-order valence-electron chi connectivity index (χ1n) is 5.48. The number of aliphatic hydroxyl groups excluding tert-OH is 1. The topological polar surface area (TPSA) is 37.3 Å². The molecule has 0 aliphatic rings. The quantitative estimate of drug-likeness (QED) is 0.679. The molecule has 100 valence electrons. The van der Waals surface area contributed by atoms with Crippen LogP contribution in [0, 0.1) is 20.8 Å². The molecule has 0 aliphatic carbocycles. The Morgan fingerprint density at radius 1 is 1.22 bits per heavy atom. The van der Waals surface area contributed by atoms with Crippen molar-refractivity contribution in [1.82, 2.24) is 0 Å². The maximum absolute atomic E-state index is 12.1. The van der Waals surface area contributed by atoms with Crippen molar-refractivity contribution in [3.05, 3.63) is 34.4 Å². The lowest BCUT2D eigenvalue weighted by Gasteiger charge is -2.19. The first-order chi connectivity index (χ1) is 8.12. The molecule has 0 spiro atoms. The lowest BCUT2D eigenvalue weighted by atomic mass is 9.94. The van der Waals surface area contributed by atoms with Crippen LogP contribution in [0.5, 0.6) is 0 Å². The molecule has 0 aromatic heterocycles. The number of rotatable bonds is 3. The van der Waals surface area contributed by atoms with Gasteiger partial charge in [0.05, 0.1) is 0 Å². The monoisotopic (exact) mass is 308 g/mol. The molecule has 0 radical (unpaired) electrons. The van der Waals surface area contributed by atoms with Gasteiger partial charge in [-0.25, -0.2) is 0 Å². The molecule has 18 heavy (non-hydrogen) atoms. The van der Waals surface area contributed by atoms with E-state index in [4.69, 9.17) is 34.8 Å². The number of aliphatic hydroxyl groups is 1. The third-order valence-corrected chi connectivity index (χ3v) is 3.47. The summed E-state index contributed by atoms with van der Waals surface area (Å²) in [6.45, 7) is 5.67. The highest BCUT2D eigenvalue weighted by molar-refractivity contribution is 6.68. The van der Waals surface area contributed by atoms with Gasteiger partial charge in [-0.15, -0.1) is 0 Å². The third-order valence-electron chi connectivity index (χ3n) is 2.71. The summed E-state index contributed by atoms with van der Waals surface area (Å²) < 4.78 is -1.85. The molecule has 0 saturated heterocycles. The zero-order valence-corrected chi connectivity index (χ0v) is 12.7. The number of benzene rings is 1. The summed E-state index contributed by atoms with van der Waals surface area (Å²) >= 11 is 16.6. The summed E-state index contributed by atoms with van der Waals surface area (Å²) in [5.41, 5.74) is 3.42. The van der Waals surface area contributed by atoms with E-state index in [2.05, 4.69) is 0 Å². The molecule has 0 heterocycles. The van der Waals surface area contributed by atoms with Crippen LogP contribution in [0.4, 0.5) is 0 Å². The zero-order chi connectivity index (χ0) is 14.1. The molecule has 0 aliphatic heterocycles. The minimum Gasteiger partial charge on any atom is -0.388 e. The van der Waals surface area contributed by atoms with Gasteiger partial charge in [0.2, 0.25) is 3.79 Å². The van der Waals surface area contributed by atoms with E-state index in [0.29, 0.717) is 5.56 Å². The van der Waals surface area contributed by atoms with Gasteiger partial charge < -0.3 is 5.11 Å². The van der Waals surface area contributed by atoms with Gasteiger partial charge in [0.25, 0.3) is 0 Å². The Hall–Kier alpha value is -0.280. The van der Waals surface area contributed by atoms with Crippen LogP contribution < -0.4 is 0 Å². The van der Waals surface area contributed by atoms with Gasteiger partial charge in [-0.1, -0.05) is 52.5 Å². The van der Waals surface area contributed by atoms with E-state index in [0.717, 1.165) is 16.7 Å². The Kier molecular flexibility index (Phi) is 5.07. The largest absolute Gasteiger partial charge is 0.388 e. The zero-order valence-electron chi connectivity index (χ0n) is 10.4. The van der Waals surface area contributed by atoms with E-state index in [-0.39, 0.29) is 12.2 Å². The second kappa shape index (κ2) is 5.79. The number of hydrogen-bond donors (Lipinski definition) is 1. The van der Waals surface area contributed by atoms with Crippen LogP contribution in [-0.2, 0) is 0 Å².